The molecule has 0 aliphatic rings. The molecule has 3 aromatic rings. The minimum atomic E-state index is -0.894. The van der Waals surface area contributed by atoms with Crippen LogP contribution in [0.3, 0.4) is 0 Å². The lowest BCUT2D eigenvalue weighted by molar-refractivity contribution is -0.128. The summed E-state index contributed by atoms with van der Waals surface area (Å²) in [6.45, 7) is 5.03. The fourth-order valence-corrected chi connectivity index (χ4v) is 2.85. The van der Waals surface area contributed by atoms with Crippen molar-refractivity contribution < 1.29 is 18.7 Å². The summed E-state index contributed by atoms with van der Waals surface area (Å²) in [6, 6.07) is 14.7. The number of nitrogens with one attached hydrogen (secondary N) is 2. The van der Waals surface area contributed by atoms with Gasteiger partial charge >= 0.3 is 0 Å². The summed E-state index contributed by atoms with van der Waals surface area (Å²) < 4.78 is 20.0. The molecule has 7 nitrogen and oxygen atoms in total. The van der Waals surface area contributed by atoms with Gasteiger partial charge in [0.05, 0.1) is 22.6 Å². The Bertz CT molecular complexity index is 1020. The first kappa shape index (κ1) is 20.1. The molecule has 0 aliphatic carbocycles. The Balaban J connectivity index is 1.64. The molecule has 150 valence electrons. The Labute approximate surface area is 167 Å². The van der Waals surface area contributed by atoms with E-state index >= 15 is 0 Å². The van der Waals surface area contributed by atoms with Crippen LogP contribution in [0.5, 0.6) is 5.75 Å². The van der Waals surface area contributed by atoms with Gasteiger partial charge in [-0.05, 0) is 57.2 Å². The summed E-state index contributed by atoms with van der Waals surface area (Å²) in [4.78, 5) is 24.8. The predicted molar refractivity (Wildman–Crippen MR) is 105 cm³/mol. The predicted octanol–water partition coefficient (Wildman–Crippen LogP) is 2.86. The number of aromatic nitrogens is 2. The largest absolute Gasteiger partial charge is 0.481 e. The van der Waals surface area contributed by atoms with Crippen LogP contribution >= 0.6 is 0 Å². The van der Waals surface area contributed by atoms with Crippen LogP contribution in [0.25, 0.3) is 5.69 Å². The number of nitrogens with zero attached hydrogens (tertiary/aromatic N) is 2. The molecule has 0 bridgehead atoms. The molecule has 0 spiro atoms. The Kier molecular flexibility index (Phi) is 5.92. The molecule has 0 saturated heterocycles. The number of halogens is 1. The van der Waals surface area contributed by atoms with Crippen molar-refractivity contribution >= 4 is 11.8 Å². The van der Waals surface area contributed by atoms with Crippen molar-refractivity contribution in [2.45, 2.75) is 26.9 Å². The van der Waals surface area contributed by atoms with E-state index in [0.29, 0.717) is 22.7 Å². The van der Waals surface area contributed by atoms with Crippen LogP contribution in [0.15, 0.2) is 54.6 Å². The highest BCUT2D eigenvalue weighted by molar-refractivity contribution is 5.97. The first-order valence-electron chi connectivity index (χ1n) is 9.01. The van der Waals surface area contributed by atoms with Crippen LogP contribution < -0.4 is 15.6 Å². The van der Waals surface area contributed by atoms with Crippen molar-refractivity contribution in [2.75, 3.05) is 0 Å². The van der Waals surface area contributed by atoms with Crippen LogP contribution in [0.1, 0.15) is 28.7 Å². The SMILES string of the molecule is Cc1nn(-c2ccccc2)c(C)c1C(=O)NNC(=O)[C@@H](C)Oc1ccc(F)cc1. The van der Waals surface area contributed by atoms with E-state index in [-0.39, 0.29) is 0 Å². The van der Waals surface area contributed by atoms with Gasteiger partial charge in [0, 0.05) is 0 Å². The van der Waals surface area contributed by atoms with E-state index in [1.165, 1.54) is 31.2 Å². The van der Waals surface area contributed by atoms with Crippen molar-refractivity contribution in [3.63, 3.8) is 0 Å². The second-order valence-corrected chi connectivity index (χ2v) is 6.45. The Hall–Kier alpha value is -3.68. The summed E-state index contributed by atoms with van der Waals surface area (Å²) >= 11 is 0. The van der Waals surface area contributed by atoms with E-state index in [4.69, 9.17) is 4.74 Å². The van der Waals surface area contributed by atoms with Gasteiger partial charge in [-0.15, -0.1) is 0 Å². The van der Waals surface area contributed by atoms with E-state index in [1.807, 2.05) is 30.3 Å². The van der Waals surface area contributed by atoms with Gasteiger partial charge in [0.25, 0.3) is 11.8 Å². The maximum Gasteiger partial charge on any atom is 0.279 e. The molecule has 3 rings (SSSR count). The molecular formula is C21H21FN4O3. The maximum absolute atomic E-state index is 12.9. The van der Waals surface area contributed by atoms with Crippen LogP contribution in [-0.4, -0.2) is 27.7 Å². The number of benzene rings is 2. The zero-order valence-electron chi connectivity index (χ0n) is 16.3. The third kappa shape index (κ3) is 4.60. The summed E-state index contributed by atoms with van der Waals surface area (Å²) in [6.07, 6.45) is -0.894. The minimum Gasteiger partial charge on any atom is -0.481 e. The van der Waals surface area contributed by atoms with Crippen LogP contribution in [0.4, 0.5) is 4.39 Å². The number of ether oxygens (including phenoxy) is 1. The number of rotatable bonds is 5. The van der Waals surface area contributed by atoms with Gasteiger partial charge in [0.2, 0.25) is 0 Å². The summed E-state index contributed by atoms with van der Waals surface area (Å²) in [7, 11) is 0. The molecule has 0 radical (unpaired) electrons. The Morgan fingerprint density at radius 1 is 1.03 bits per heavy atom. The van der Waals surface area contributed by atoms with E-state index in [1.54, 1.807) is 18.5 Å². The second kappa shape index (κ2) is 8.55. The molecule has 0 aliphatic heterocycles. The molecule has 1 aromatic heterocycles. The average molecular weight is 396 g/mol. The fraction of sp³-hybridized carbons (Fsp3) is 0.190. The molecule has 1 heterocycles. The van der Waals surface area contributed by atoms with E-state index < -0.39 is 23.7 Å². The molecular weight excluding hydrogens is 375 g/mol. The summed E-state index contributed by atoms with van der Waals surface area (Å²) in [5.74, 6) is -1.09. The number of amides is 2. The molecule has 1 atom stereocenters. The lowest BCUT2D eigenvalue weighted by Crippen LogP contribution is -2.47. The number of hydrogen-bond donors (Lipinski definition) is 2. The fourth-order valence-electron chi connectivity index (χ4n) is 2.85. The van der Waals surface area contributed by atoms with E-state index in [9.17, 15) is 14.0 Å². The Morgan fingerprint density at radius 2 is 1.69 bits per heavy atom. The zero-order valence-corrected chi connectivity index (χ0v) is 16.3. The molecule has 8 heteroatoms. The van der Waals surface area contributed by atoms with E-state index in [0.717, 1.165) is 5.69 Å². The molecule has 2 amide bonds. The van der Waals surface area contributed by atoms with Crippen LogP contribution in [-0.2, 0) is 4.79 Å². The standard InChI is InChI=1S/C21H21FN4O3/c1-13-19(14(2)26(25-13)17-7-5-4-6-8-17)21(28)24-23-20(27)15(3)29-18-11-9-16(22)10-12-18/h4-12,15H,1-3H3,(H,23,27)(H,24,28)/t15-/m1/s1. The highest BCUT2D eigenvalue weighted by atomic mass is 19.1. The lowest BCUT2D eigenvalue weighted by Gasteiger charge is -2.15. The molecule has 0 saturated carbocycles. The number of para-hydroxylation sites is 1. The van der Waals surface area contributed by atoms with Gasteiger partial charge in [-0.1, -0.05) is 18.2 Å². The third-order valence-electron chi connectivity index (χ3n) is 4.31. The number of aryl methyl sites for hydroxylation is 1. The number of hydrazine groups is 1. The van der Waals surface area contributed by atoms with Gasteiger partial charge in [-0.2, -0.15) is 5.10 Å². The third-order valence-corrected chi connectivity index (χ3v) is 4.31. The van der Waals surface area contributed by atoms with Gasteiger partial charge in [0.1, 0.15) is 11.6 Å². The molecule has 2 aromatic carbocycles. The van der Waals surface area contributed by atoms with Gasteiger partial charge in [-0.3, -0.25) is 20.4 Å². The monoisotopic (exact) mass is 396 g/mol. The van der Waals surface area contributed by atoms with Crippen molar-refractivity contribution in [1.82, 2.24) is 20.6 Å². The van der Waals surface area contributed by atoms with Crippen molar-refractivity contribution in [1.29, 1.82) is 0 Å². The smallest absolute Gasteiger partial charge is 0.279 e. The second-order valence-electron chi connectivity index (χ2n) is 6.45. The minimum absolute atomic E-state index is 0.344. The summed E-state index contributed by atoms with van der Waals surface area (Å²) in [5.41, 5.74) is 7.12. The molecule has 0 unspecified atom stereocenters. The summed E-state index contributed by atoms with van der Waals surface area (Å²) in [5, 5.41) is 4.41. The molecule has 0 fully saturated rings. The molecule has 29 heavy (non-hydrogen) atoms. The topological polar surface area (TPSA) is 85.3 Å². The van der Waals surface area contributed by atoms with Crippen LogP contribution in [0.2, 0.25) is 0 Å². The van der Waals surface area contributed by atoms with Gasteiger partial charge < -0.3 is 4.74 Å². The lowest BCUT2D eigenvalue weighted by atomic mass is 10.2. The van der Waals surface area contributed by atoms with Crippen molar-refractivity contribution in [3.05, 3.63) is 77.4 Å². The maximum atomic E-state index is 12.9. The van der Waals surface area contributed by atoms with Gasteiger partial charge in [-0.25, -0.2) is 9.07 Å². The van der Waals surface area contributed by atoms with Crippen molar-refractivity contribution in [2.24, 2.45) is 0 Å². The van der Waals surface area contributed by atoms with E-state index in [2.05, 4.69) is 16.0 Å². The molecule has 2 N–H and O–H groups in total. The number of carbonyl (C=O) groups excluding carboxylic acids is 2. The zero-order chi connectivity index (χ0) is 21.0. The first-order chi connectivity index (χ1) is 13.9. The normalized spacial score (nSPS) is 11.6. The number of carbonyl (C=O) groups is 2. The highest BCUT2D eigenvalue weighted by Crippen LogP contribution is 2.17. The average Bonchev–Trinajstić information content (AvgIpc) is 3.02. The Morgan fingerprint density at radius 3 is 2.34 bits per heavy atom. The van der Waals surface area contributed by atoms with Crippen LogP contribution in [0, 0.1) is 19.7 Å². The number of hydrogen-bond acceptors (Lipinski definition) is 4. The quantitative estimate of drug-likeness (QED) is 0.650. The first-order valence-corrected chi connectivity index (χ1v) is 9.01. The highest BCUT2D eigenvalue weighted by Gasteiger charge is 2.21. The van der Waals surface area contributed by atoms with Crippen molar-refractivity contribution in [3.8, 4) is 11.4 Å². The van der Waals surface area contributed by atoms with Gasteiger partial charge in [0.15, 0.2) is 6.10 Å².